The maximum absolute atomic E-state index is 11.9. The monoisotopic (exact) mass is 295 g/mol. The Morgan fingerprint density at radius 1 is 1.09 bits per heavy atom. The van der Waals surface area contributed by atoms with Crippen molar-refractivity contribution >= 4 is 16.9 Å². The van der Waals surface area contributed by atoms with E-state index in [1.54, 1.807) is 14.0 Å². The molecule has 0 bridgehead atoms. The first-order valence-electron chi connectivity index (χ1n) is 7.17. The third-order valence-corrected chi connectivity index (χ3v) is 3.55. The van der Waals surface area contributed by atoms with Crippen LogP contribution < -0.4 is 4.74 Å². The molecule has 1 heterocycles. The van der Waals surface area contributed by atoms with Crippen LogP contribution in [0.15, 0.2) is 48.5 Å². The van der Waals surface area contributed by atoms with Crippen LogP contribution >= 0.6 is 0 Å². The van der Waals surface area contributed by atoms with Gasteiger partial charge in [-0.2, -0.15) is 0 Å². The van der Waals surface area contributed by atoms with Crippen LogP contribution in [0.1, 0.15) is 17.4 Å². The van der Waals surface area contributed by atoms with Gasteiger partial charge in [0.05, 0.1) is 19.2 Å². The van der Waals surface area contributed by atoms with Crippen molar-refractivity contribution in [1.29, 1.82) is 0 Å². The summed E-state index contributed by atoms with van der Waals surface area (Å²) in [6, 6.07) is 15.6. The SMILES string of the molecule is CCOC(=O)c1cc2cccc(-c3ccccc3OC)c2[nH]1. The molecule has 0 amide bonds. The van der Waals surface area contributed by atoms with E-state index >= 15 is 0 Å². The maximum Gasteiger partial charge on any atom is 0.354 e. The van der Waals surface area contributed by atoms with E-state index in [9.17, 15) is 4.79 Å². The van der Waals surface area contributed by atoms with Gasteiger partial charge in [0.1, 0.15) is 11.4 Å². The number of hydrogen-bond donors (Lipinski definition) is 1. The summed E-state index contributed by atoms with van der Waals surface area (Å²) in [5.41, 5.74) is 3.33. The fourth-order valence-electron chi connectivity index (χ4n) is 2.57. The van der Waals surface area contributed by atoms with Crippen molar-refractivity contribution < 1.29 is 14.3 Å². The number of aromatic amines is 1. The zero-order chi connectivity index (χ0) is 15.5. The third kappa shape index (κ3) is 2.44. The maximum atomic E-state index is 11.9. The summed E-state index contributed by atoms with van der Waals surface area (Å²) in [4.78, 5) is 15.1. The van der Waals surface area contributed by atoms with E-state index < -0.39 is 0 Å². The number of esters is 1. The van der Waals surface area contributed by atoms with Gasteiger partial charge in [0, 0.05) is 16.5 Å². The van der Waals surface area contributed by atoms with Crippen LogP contribution in [-0.2, 0) is 4.74 Å². The molecule has 1 aromatic heterocycles. The Morgan fingerprint density at radius 2 is 1.86 bits per heavy atom. The van der Waals surface area contributed by atoms with E-state index in [0.717, 1.165) is 27.8 Å². The average molecular weight is 295 g/mol. The summed E-state index contributed by atoms with van der Waals surface area (Å²) < 4.78 is 10.5. The first-order valence-corrected chi connectivity index (χ1v) is 7.17. The number of methoxy groups -OCH3 is 1. The summed E-state index contributed by atoms with van der Waals surface area (Å²) >= 11 is 0. The highest BCUT2D eigenvalue weighted by Gasteiger charge is 2.14. The van der Waals surface area contributed by atoms with Crippen molar-refractivity contribution in [3.8, 4) is 16.9 Å². The van der Waals surface area contributed by atoms with Gasteiger partial charge < -0.3 is 14.5 Å². The summed E-state index contributed by atoms with van der Waals surface area (Å²) in [5.74, 6) is 0.451. The molecule has 0 atom stereocenters. The fourth-order valence-corrected chi connectivity index (χ4v) is 2.57. The van der Waals surface area contributed by atoms with Gasteiger partial charge in [-0.1, -0.05) is 36.4 Å². The van der Waals surface area contributed by atoms with Crippen LogP contribution in [0.25, 0.3) is 22.0 Å². The minimum atomic E-state index is -0.343. The predicted octanol–water partition coefficient (Wildman–Crippen LogP) is 4.02. The third-order valence-electron chi connectivity index (χ3n) is 3.55. The molecule has 1 N–H and O–H groups in total. The van der Waals surface area contributed by atoms with Crippen LogP contribution in [0, 0.1) is 0 Å². The van der Waals surface area contributed by atoms with E-state index in [0.29, 0.717) is 12.3 Å². The summed E-state index contributed by atoms with van der Waals surface area (Å²) in [5, 5.41) is 0.964. The molecule has 2 aromatic carbocycles. The minimum absolute atomic E-state index is 0.343. The Kier molecular flexibility index (Phi) is 3.83. The number of carbonyl (C=O) groups excluding carboxylic acids is 1. The quantitative estimate of drug-likeness (QED) is 0.740. The first kappa shape index (κ1) is 14.2. The molecule has 4 nitrogen and oxygen atoms in total. The highest BCUT2D eigenvalue weighted by Crippen LogP contribution is 2.34. The lowest BCUT2D eigenvalue weighted by Gasteiger charge is -2.09. The van der Waals surface area contributed by atoms with Crippen LogP contribution in [0.5, 0.6) is 5.75 Å². The van der Waals surface area contributed by atoms with Crippen molar-refractivity contribution in [2.45, 2.75) is 6.92 Å². The normalized spacial score (nSPS) is 10.6. The molecule has 0 aliphatic heterocycles. The van der Waals surface area contributed by atoms with Crippen LogP contribution in [0.3, 0.4) is 0 Å². The summed E-state index contributed by atoms with van der Waals surface area (Å²) in [6.45, 7) is 2.15. The Morgan fingerprint density at radius 3 is 2.64 bits per heavy atom. The van der Waals surface area contributed by atoms with E-state index in [1.165, 1.54) is 0 Å². The number of ether oxygens (including phenoxy) is 2. The van der Waals surface area contributed by atoms with Crippen molar-refractivity contribution in [1.82, 2.24) is 4.98 Å². The molecule has 112 valence electrons. The van der Waals surface area contributed by atoms with Crippen molar-refractivity contribution in [2.75, 3.05) is 13.7 Å². The Bertz CT molecular complexity index is 820. The number of hydrogen-bond acceptors (Lipinski definition) is 3. The zero-order valence-corrected chi connectivity index (χ0v) is 12.6. The van der Waals surface area contributed by atoms with E-state index in [4.69, 9.17) is 9.47 Å². The van der Waals surface area contributed by atoms with Crippen LogP contribution in [0.4, 0.5) is 0 Å². The number of carbonyl (C=O) groups is 1. The molecule has 0 aliphatic carbocycles. The molecule has 0 saturated carbocycles. The fraction of sp³-hybridized carbons (Fsp3) is 0.167. The van der Waals surface area contributed by atoms with Crippen molar-refractivity contribution in [3.05, 3.63) is 54.2 Å². The van der Waals surface area contributed by atoms with E-state index in [-0.39, 0.29) is 5.97 Å². The highest BCUT2D eigenvalue weighted by atomic mass is 16.5. The summed E-state index contributed by atoms with van der Waals surface area (Å²) in [7, 11) is 1.65. The molecule has 3 aromatic rings. The lowest BCUT2D eigenvalue weighted by molar-refractivity contribution is 0.0520. The van der Waals surface area contributed by atoms with E-state index in [1.807, 2.05) is 48.5 Å². The van der Waals surface area contributed by atoms with Gasteiger partial charge in [-0.15, -0.1) is 0 Å². The molecular formula is C18H17NO3. The summed E-state index contributed by atoms with van der Waals surface area (Å²) in [6.07, 6.45) is 0. The Labute approximate surface area is 128 Å². The number of fused-ring (bicyclic) bond motifs is 1. The first-order chi connectivity index (χ1) is 10.7. The van der Waals surface area contributed by atoms with Gasteiger partial charge in [-0.3, -0.25) is 0 Å². The number of rotatable bonds is 4. The second kappa shape index (κ2) is 5.93. The van der Waals surface area contributed by atoms with Gasteiger partial charge in [-0.25, -0.2) is 4.79 Å². The molecule has 0 radical (unpaired) electrons. The standard InChI is InChI=1S/C18H17NO3/c1-3-22-18(20)15-11-12-7-6-9-14(17(12)19-15)13-8-4-5-10-16(13)21-2/h4-11,19H,3H2,1-2H3. The molecule has 0 saturated heterocycles. The van der Waals surface area contributed by atoms with Gasteiger partial charge in [0.2, 0.25) is 0 Å². The van der Waals surface area contributed by atoms with Crippen LogP contribution in [-0.4, -0.2) is 24.7 Å². The molecule has 4 heteroatoms. The number of para-hydroxylation sites is 2. The van der Waals surface area contributed by atoms with Gasteiger partial charge in [0.15, 0.2) is 0 Å². The molecule has 3 rings (SSSR count). The topological polar surface area (TPSA) is 51.3 Å². The van der Waals surface area contributed by atoms with Crippen molar-refractivity contribution in [3.63, 3.8) is 0 Å². The molecule has 0 spiro atoms. The smallest absolute Gasteiger partial charge is 0.354 e. The zero-order valence-electron chi connectivity index (χ0n) is 12.6. The lowest BCUT2D eigenvalue weighted by atomic mass is 10.0. The lowest BCUT2D eigenvalue weighted by Crippen LogP contribution is -2.04. The molecule has 0 fully saturated rings. The van der Waals surface area contributed by atoms with Crippen molar-refractivity contribution in [2.24, 2.45) is 0 Å². The highest BCUT2D eigenvalue weighted by molar-refractivity contribution is 6.01. The van der Waals surface area contributed by atoms with Gasteiger partial charge in [-0.05, 0) is 19.1 Å². The number of nitrogens with one attached hydrogen (secondary N) is 1. The average Bonchev–Trinajstić information content (AvgIpc) is 2.99. The molecule has 22 heavy (non-hydrogen) atoms. The number of H-pyrrole nitrogens is 1. The Balaban J connectivity index is 2.16. The minimum Gasteiger partial charge on any atom is -0.496 e. The molecular weight excluding hydrogens is 278 g/mol. The number of aromatic nitrogens is 1. The van der Waals surface area contributed by atoms with Gasteiger partial charge in [0.25, 0.3) is 0 Å². The van der Waals surface area contributed by atoms with Gasteiger partial charge >= 0.3 is 5.97 Å². The van der Waals surface area contributed by atoms with E-state index in [2.05, 4.69) is 4.98 Å². The predicted molar refractivity (Wildman–Crippen MR) is 86.2 cm³/mol. The van der Waals surface area contributed by atoms with Crippen LogP contribution in [0.2, 0.25) is 0 Å². The molecule has 0 unspecified atom stereocenters. The largest absolute Gasteiger partial charge is 0.496 e. The number of benzene rings is 2. The Hall–Kier alpha value is -2.75. The second-order valence-electron chi connectivity index (χ2n) is 4.87. The second-order valence-corrected chi connectivity index (χ2v) is 4.87. The molecule has 0 aliphatic rings.